The zero-order valence-corrected chi connectivity index (χ0v) is 20.1. The summed E-state index contributed by atoms with van der Waals surface area (Å²) in [4.78, 5) is 0. The van der Waals surface area contributed by atoms with E-state index in [0.717, 1.165) is 17.3 Å². The molecule has 0 nitrogen and oxygen atoms in total. The van der Waals surface area contributed by atoms with Gasteiger partial charge in [0.25, 0.3) is 0 Å². The predicted octanol–water partition coefficient (Wildman–Crippen LogP) is 4.63. The summed E-state index contributed by atoms with van der Waals surface area (Å²) in [7, 11) is 0. The van der Waals surface area contributed by atoms with Crippen molar-refractivity contribution in [2.45, 2.75) is 20.8 Å². The fraction of sp³-hybridized carbons (Fsp3) is 1.00. The molecule has 0 amide bonds. The molecule has 0 unspecified atom stereocenters. The topological polar surface area (TPSA) is 0 Å². The fourth-order valence-corrected chi connectivity index (χ4v) is 3.04. The van der Waals surface area contributed by atoms with E-state index in [9.17, 15) is 0 Å². The van der Waals surface area contributed by atoms with Crippen LogP contribution in [0.15, 0.2) is 0 Å². The minimum Gasteiger partial charge on any atom is -0.179 e. The van der Waals surface area contributed by atoms with E-state index in [-0.39, 0.29) is 24.4 Å². The zero-order chi connectivity index (χ0) is 14.5. The maximum absolute atomic E-state index is 4.03. The van der Waals surface area contributed by atoms with Gasteiger partial charge in [-0.25, -0.2) is 0 Å². The van der Waals surface area contributed by atoms with Crippen LogP contribution in [0.25, 0.3) is 0 Å². The molecular weight excluding hydrogens is 458 g/mol. The minimum absolute atomic E-state index is 0. The Morgan fingerprint density at radius 3 is 0.842 bits per heavy atom. The van der Waals surface area contributed by atoms with Gasteiger partial charge in [0.2, 0.25) is 0 Å². The largest absolute Gasteiger partial charge is 3.00 e. The molecule has 19 heavy (non-hydrogen) atoms. The van der Waals surface area contributed by atoms with E-state index in [1.54, 1.807) is 0 Å². The Kier molecular flexibility index (Phi) is 58.6. The normalized spacial score (nSPS) is 8.53. The number of thioether (sulfide) groups is 3. The molecule has 0 aliphatic rings. The van der Waals surface area contributed by atoms with Gasteiger partial charge in [-0.2, -0.15) is 73.2 Å². The van der Waals surface area contributed by atoms with Gasteiger partial charge in [-0.1, -0.05) is 20.8 Å². The first-order valence-corrected chi connectivity index (χ1v) is 11.7. The molecule has 116 valence electrons. The summed E-state index contributed by atoms with van der Waals surface area (Å²) in [6, 6.07) is 0. The third-order valence-electron chi connectivity index (χ3n) is 1.32. The van der Waals surface area contributed by atoms with Gasteiger partial charge in [0.05, 0.1) is 0 Å². The van der Waals surface area contributed by atoms with E-state index in [1.165, 1.54) is 34.5 Å². The number of hydrogen-bond acceptors (Lipinski definition) is 6. The monoisotopic (exact) mass is 487 g/mol. The number of thiol groups is 3. The van der Waals surface area contributed by atoms with Crippen molar-refractivity contribution in [1.82, 2.24) is 0 Å². The Labute approximate surface area is 168 Å². The van der Waals surface area contributed by atoms with Crippen LogP contribution in [0, 0.1) is 0 Å². The average Bonchev–Trinajstić information content (AvgIpc) is 2.42. The molecule has 0 saturated heterocycles. The molecule has 0 saturated carbocycles. The van der Waals surface area contributed by atoms with Gasteiger partial charge in [0, 0.05) is 17.3 Å². The third-order valence-corrected chi connectivity index (χ3v) is 5.60. The van der Waals surface area contributed by atoms with Gasteiger partial charge in [0.15, 0.2) is 0 Å². The molecule has 0 aliphatic carbocycles. The molecule has 0 fully saturated rings. The Hall–Kier alpha value is 2.92. The first-order chi connectivity index (χ1) is 8.74. The molecule has 0 aromatic heterocycles. The van der Waals surface area contributed by atoms with Crippen molar-refractivity contribution in [3.8, 4) is 0 Å². The van der Waals surface area contributed by atoms with Crippen molar-refractivity contribution in [1.29, 1.82) is 0 Å². The second-order valence-corrected chi connectivity index (χ2v) is 8.28. The van der Waals surface area contributed by atoms with Crippen molar-refractivity contribution in [3.05, 3.63) is 0 Å². The third kappa shape index (κ3) is 52.7. The van der Waals surface area contributed by atoms with E-state index >= 15 is 0 Å². The standard InChI is InChI=1S/3C4H10S2.Sb/c3*1-2-6-4-3-5;/h3*5H,2-4H2,1H3;/q;;;+3. The van der Waals surface area contributed by atoms with Crippen LogP contribution in [0.4, 0.5) is 0 Å². The molecule has 0 atom stereocenters. The van der Waals surface area contributed by atoms with Crippen LogP contribution in [0.3, 0.4) is 0 Å². The first-order valence-electron chi connectivity index (χ1n) is 6.30. The molecule has 0 aromatic rings. The van der Waals surface area contributed by atoms with Crippen molar-refractivity contribution >= 4 is 97.6 Å². The van der Waals surface area contributed by atoms with Gasteiger partial charge in [-0.05, 0) is 34.5 Å². The van der Waals surface area contributed by atoms with E-state index in [4.69, 9.17) is 0 Å². The van der Waals surface area contributed by atoms with E-state index in [1.807, 2.05) is 35.3 Å². The summed E-state index contributed by atoms with van der Waals surface area (Å²) in [5.41, 5.74) is 0. The van der Waals surface area contributed by atoms with Crippen LogP contribution in [0.2, 0.25) is 0 Å². The van der Waals surface area contributed by atoms with Gasteiger partial charge in [-0.3, -0.25) is 0 Å². The van der Waals surface area contributed by atoms with Crippen molar-refractivity contribution in [2.24, 2.45) is 0 Å². The molecule has 0 spiro atoms. The summed E-state index contributed by atoms with van der Waals surface area (Å²) in [5.74, 6) is 10.3. The summed E-state index contributed by atoms with van der Waals surface area (Å²) in [5, 5.41) is 0. The summed E-state index contributed by atoms with van der Waals surface area (Å²) in [6.45, 7) is 6.48. The molecule has 0 aromatic carbocycles. The Morgan fingerprint density at radius 2 is 0.789 bits per heavy atom. The minimum atomic E-state index is 0. The van der Waals surface area contributed by atoms with Crippen molar-refractivity contribution in [2.75, 3.05) is 51.8 Å². The quantitative estimate of drug-likeness (QED) is 0.246. The first kappa shape index (κ1) is 29.9. The molecule has 0 aliphatic heterocycles. The van der Waals surface area contributed by atoms with Crippen LogP contribution in [-0.4, -0.2) is 76.2 Å². The maximum Gasteiger partial charge on any atom is 3.00 e. The molecule has 0 rings (SSSR count). The van der Waals surface area contributed by atoms with Crippen LogP contribution < -0.4 is 0 Å². The second kappa shape index (κ2) is 37.3. The number of hydrogen-bond donors (Lipinski definition) is 3. The summed E-state index contributed by atoms with van der Waals surface area (Å²) >= 11 is 17.9. The molecule has 0 bridgehead atoms. The average molecular weight is 489 g/mol. The molecule has 7 heteroatoms. The second-order valence-electron chi connectivity index (χ2n) is 2.76. The smallest absolute Gasteiger partial charge is 0.179 e. The Balaban J connectivity index is -0.0000000865. The van der Waals surface area contributed by atoms with E-state index in [0.29, 0.717) is 0 Å². The summed E-state index contributed by atoms with van der Waals surface area (Å²) < 4.78 is 0. The molecule has 2 radical (unpaired) electrons. The van der Waals surface area contributed by atoms with Gasteiger partial charge in [-0.15, -0.1) is 0 Å². The molecule has 0 N–H and O–H groups in total. The van der Waals surface area contributed by atoms with E-state index in [2.05, 4.69) is 58.7 Å². The van der Waals surface area contributed by atoms with Crippen molar-refractivity contribution in [3.63, 3.8) is 0 Å². The maximum atomic E-state index is 4.03. The number of rotatable bonds is 9. The van der Waals surface area contributed by atoms with Crippen LogP contribution >= 0.6 is 73.2 Å². The van der Waals surface area contributed by atoms with Crippen LogP contribution in [-0.2, 0) is 0 Å². The van der Waals surface area contributed by atoms with Crippen molar-refractivity contribution < 1.29 is 0 Å². The predicted molar refractivity (Wildman–Crippen MR) is 116 cm³/mol. The fourth-order valence-electron chi connectivity index (χ4n) is 0.627. The Bertz CT molecular complexity index is 77.2. The van der Waals surface area contributed by atoms with Gasteiger partial charge < -0.3 is 0 Å². The van der Waals surface area contributed by atoms with Gasteiger partial charge in [0.1, 0.15) is 0 Å². The Morgan fingerprint density at radius 1 is 0.579 bits per heavy atom. The van der Waals surface area contributed by atoms with E-state index < -0.39 is 0 Å². The zero-order valence-electron chi connectivity index (χ0n) is 12.4. The summed E-state index contributed by atoms with van der Waals surface area (Å²) in [6.07, 6.45) is 0. The van der Waals surface area contributed by atoms with Crippen LogP contribution in [0.5, 0.6) is 0 Å². The van der Waals surface area contributed by atoms with Gasteiger partial charge >= 0.3 is 24.4 Å². The van der Waals surface area contributed by atoms with Crippen LogP contribution in [0.1, 0.15) is 20.8 Å². The molecular formula is C12H30S6Sb+3. The SMILES string of the molecule is CCSCCS.CCSCCS.CCSCCS.[Sb+3]. The molecule has 0 heterocycles.